The lowest BCUT2D eigenvalue weighted by atomic mass is 10.7. The lowest BCUT2D eigenvalue weighted by Crippen LogP contribution is -1.96. The summed E-state index contributed by atoms with van der Waals surface area (Å²) in [5, 5.41) is 0.453. The predicted octanol–water partition coefficient (Wildman–Crippen LogP) is 1.92. The standard InChI is InChI=1S/C8H6ClN3/c9-7-3-4-10-8(11-7)12-5-1-2-6-12/h1-6H. The minimum atomic E-state index is 0.453. The van der Waals surface area contributed by atoms with Crippen molar-refractivity contribution in [2.24, 2.45) is 0 Å². The molecule has 2 aromatic rings. The number of rotatable bonds is 1. The maximum atomic E-state index is 5.70. The molecule has 3 nitrogen and oxygen atoms in total. The first-order valence-corrected chi connectivity index (χ1v) is 3.86. The summed E-state index contributed by atoms with van der Waals surface area (Å²) in [6.45, 7) is 0. The van der Waals surface area contributed by atoms with Gasteiger partial charge in [-0.3, -0.25) is 4.57 Å². The monoisotopic (exact) mass is 179 g/mol. The smallest absolute Gasteiger partial charge is 0.234 e. The second kappa shape index (κ2) is 2.95. The molecule has 0 bridgehead atoms. The normalized spacial score (nSPS) is 10.1. The molecule has 2 rings (SSSR count). The SMILES string of the molecule is Clc1ccnc(-n2cccc2)n1. The van der Waals surface area contributed by atoms with Crippen LogP contribution in [0, 0.1) is 0 Å². The van der Waals surface area contributed by atoms with E-state index in [9.17, 15) is 0 Å². The van der Waals surface area contributed by atoms with Crippen LogP contribution in [0.15, 0.2) is 36.8 Å². The average molecular weight is 180 g/mol. The first kappa shape index (κ1) is 7.31. The van der Waals surface area contributed by atoms with E-state index in [1.165, 1.54) is 0 Å². The first-order valence-electron chi connectivity index (χ1n) is 3.48. The Morgan fingerprint density at radius 3 is 2.67 bits per heavy atom. The molecular formula is C8H6ClN3. The van der Waals surface area contributed by atoms with Gasteiger partial charge in [0, 0.05) is 18.6 Å². The average Bonchev–Trinajstić information content (AvgIpc) is 2.56. The summed E-state index contributed by atoms with van der Waals surface area (Å²) in [5.74, 6) is 0.590. The number of halogens is 1. The van der Waals surface area contributed by atoms with Crippen LogP contribution in [-0.2, 0) is 0 Å². The highest BCUT2D eigenvalue weighted by molar-refractivity contribution is 6.29. The summed E-state index contributed by atoms with van der Waals surface area (Å²) in [6.07, 6.45) is 5.36. The Bertz CT molecular complexity index is 370. The van der Waals surface area contributed by atoms with Crippen LogP contribution in [0.4, 0.5) is 0 Å². The Morgan fingerprint density at radius 1 is 1.25 bits per heavy atom. The number of aromatic nitrogens is 3. The molecule has 0 N–H and O–H groups in total. The van der Waals surface area contributed by atoms with E-state index in [2.05, 4.69) is 9.97 Å². The van der Waals surface area contributed by atoms with E-state index in [1.54, 1.807) is 16.8 Å². The molecule has 0 amide bonds. The molecule has 2 heterocycles. The van der Waals surface area contributed by atoms with Crippen molar-refractivity contribution < 1.29 is 0 Å². The molecule has 0 aliphatic heterocycles. The van der Waals surface area contributed by atoms with Crippen LogP contribution in [0.1, 0.15) is 0 Å². The van der Waals surface area contributed by atoms with Crippen molar-refractivity contribution in [1.29, 1.82) is 0 Å². The molecule has 2 aromatic heterocycles. The Morgan fingerprint density at radius 2 is 2.00 bits per heavy atom. The Balaban J connectivity index is 2.48. The van der Waals surface area contributed by atoms with E-state index in [0.717, 1.165) is 0 Å². The van der Waals surface area contributed by atoms with Gasteiger partial charge in [0.1, 0.15) is 5.15 Å². The fourth-order valence-electron chi connectivity index (χ4n) is 0.919. The van der Waals surface area contributed by atoms with Gasteiger partial charge in [0.15, 0.2) is 0 Å². The van der Waals surface area contributed by atoms with Gasteiger partial charge >= 0.3 is 0 Å². The number of hydrogen-bond acceptors (Lipinski definition) is 2. The van der Waals surface area contributed by atoms with Gasteiger partial charge in [0.2, 0.25) is 5.95 Å². The third-order valence-corrected chi connectivity index (χ3v) is 1.65. The molecule has 0 atom stereocenters. The van der Waals surface area contributed by atoms with Crippen LogP contribution in [-0.4, -0.2) is 14.5 Å². The largest absolute Gasteiger partial charge is 0.293 e. The molecule has 0 aromatic carbocycles. The Kier molecular flexibility index (Phi) is 1.80. The van der Waals surface area contributed by atoms with Gasteiger partial charge in [0.05, 0.1) is 0 Å². The van der Waals surface area contributed by atoms with Crippen LogP contribution in [0.2, 0.25) is 5.15 Å². The maximum absolute atomic E-state index is 5.70. The fraction of sp³-hybridized carbons (Fsp3) is 0. The molecule has 60 valence electrons. The van der Waals surface area contributed by atoms with Crippen molar-refractivity contribution in [3.63, 3.8) is 0 Å². The summed E-state index contributed by atoms with van der Waals surface area (Å²) in [5.41, 5.74) is 0. The fourth-order valence-corrected chi connectivity index (χ4v) is 1.05. The molecule has 0 saturated heterocycles. The highest BCUT2D eigenvalue weighted by atomic mass is 35.5. The summed E-state index contributed by atoms with van der Waals surface area (Å²) < 4.78 is 1.80. The zero-order valence-electron chi connectivity index (χ0n) is 6.18. The van der Waals surface area contributed by atoms with Gasteiger partial charge in [-0.1, -0.05) is 11.6 Å². The molecule has 0 fully saturated rings. The summed E-state index contributed by atoms with van der Waals surface area (Å²) >= 11 is 5.70. The van der Waals surface area contributed by atoms with Crippen molar-refractivity contribution in [3.05, 3.63) is 41.9 Å². The van der Waals surface area contributed by atoms with E-state index in [4.69, 9.17) is 11.6 Å². The van der Waals surface area contributed by atoms with Crippen LogP contribution < -0.4 is 0 Å². The second-order valence-electron chi connectivity index (χ2n) is 2.27. The third kappa shape index (κ3) is 1.31. The van der Waals surface area contributed by atoms with Crippen molar-refractivity contribution >= 4 is 11.6 Å². The molecule has 0 spiro atoms. The highest BCUT2D eigenvalue weighted by Crippen LogP contribution is 2.05. The van der Waals surface area contributed by atoms with Crippen LogP contribution in [0.25, 0.3) is 5.95 Å². The van der Waals surface area contributed by atoms with E-state index in [0.29, 0.717) is 11.1 Å². The van der Waals surface area contributed by atoms with Gasteiger partial charge in [-0.05, 0) is 18.2 Å². The summed E-state index contributed by atoms with van der Waals surface area (Å²) in [4.78, 5) is 8.08. The van der Waals surface area contributed by atoms with Crippen LogP contribution in [0.3, 0.4) is 0 Å². The molecular weight excluding hydrogens is 174 g/mol. The highest BCUT2D eigenvalue weighted by Gasteiger charge is 1.97. The zero-order valence-corrected chi connectivity index (χ0v) is 6.94. The van der Waals surface area contributed by atoms with E-state index in [1.807, 2.05) is 24.5 Å². The van der Waals surface area contributed by atoms with Gasteiger partial charge < -0.3 is 0 Å². The van der Waals surface area contributed by atoms with Crippen molar-refractivity contribution in [2.45, 2.75) is 0 Å². The molecule has 0 radical (unpaired) electrons. The number of hydrogen-bond donors (Lipinski definition) is 0. The van der Waals surface area contributed by atoms with Crippen molar-refractivity contribution in [2.75, 3.05) is 0 Å². The van der Waals surface area contributed by atoms with Crippen LogP contribution in [0.5, 0.6) is 0 Å². The number of nitrogens with zero attached hydrogens (tertiary/aromatic N) is 3. The van der Waals surface area contributed by atoms with Gasteiger partial charge in [-0.2, -0.15) is 0 Å². The van der Waals surface area contributed by atoms with E-state index in [-0.39, 0.29) is 0 Å². The lowest BCUT2D eigenvalue weighted by molar-refractivity contribution is 0.936. The van der Waals surface area contributed by atoms with E-state index >= 15 is 0 Å². The predicted molar refractivity (Wildman–Crippen MR) is 46.4 cm³/mol. The lowest BCUT2D eigenvalue weighted by Gasteiger charge is -1.98. The van der Waals surface area contributed by atoms with Crippen LogP contribution >= 0.6 is 11.6 Å². The quantitative estimate of drug-likeness (QED) is 0.627. The molecule has 0 aliphatic rings. The molecule has 4 heteroatoms. The zero-order chi connectivity index (χ0) is 8.39. The molecule has 12 heavy (non-hydrogen) atoms. The van der Waals surface area contributed by atoms with E-state index < -0.39 is 0 Å². The van der Waals surface area contributed by atoms with Gasteiger partial charge in [-0.15, -0.1) is 0 Å². The van der Waals surface area contributed by atoms with Gasteiger partial charge in [0.25, 0.3) is 0 Å². The second-order valence-corrected chi connectivity index (χ2v) is 2.66. The minimum absolute atomic E-state index is 0.453. The molecule has 0 saturated carbocycles. The summed E-state index contributed by atoms with van der Waals surface area (Å²) in [6, 6.07) is 5.46. The van der Waals surface area contributed by atoms with Gasteiger partial charge in [-0.25, -0.2) is 9.97 Å². The maximum Gasteiger partial charge on any atom is 0.234 e. The molecule has 0 unspecified atom stereocenters. The van der Waals surface area contributed by atoms with Crippen molar-refractivity contribution in [1.82, 2.24) is 14.5 Å². The first-order chi connectivity index (χ1) is 5.86. The topological polar surface area (TPSA) is 30.7 Å². The third-order valence-electron chi connectivity index (χ3n) is 1.44. The van der Waals surface area contributed by atoms with Crippen molar-refractivity contribution in [3.8, 4) is 5.95 Å². The Labute approximate surface area is 74.7 Å². The molecule has 0 aliphatic carbocycles. The summed E-state index contributed by atoms with van der Waals surface area (Å²) in [7, 11) is 0. The Hall–Kier alpha value is -1.35. The minimum Gasteiger partial charge on any atom is -0.293 e.